The zero-order valence-electron chi connectivity index (χ0n) is 13.1. The van der Waals surface area contributed by atoms with E-state index in [1.165, 1.54) is 25.7 Å². The van der Waals surface area contributed by atoms with Crippen LogP contribution in [0, 0.1) is 5.41 Å². The summed E-state index contributed by atoms with van der Waals surface area (Å²) in [6.07, 6.45) is 7.20. The number of anilines is 1. The number of nitrogens with zero attached hydrogens (tertiary/aromatic N) is 2. The highest BCUT2D eigenvalue weighted by Gasteiger charge is 2.32. The van der Waals surface area contributed by atoms with Crippen molar-refractivity contribution < 1.29 is 5.11 Å². The van der Waals surface area contributed by atoms with E-state index in [0.717, 1.165) is 41.6 Å². The first-order valence-corrected chi connectivity index (χ1v) is 8.84. The van der Waals surface area contributed by atoms with Crippen LogP contribution in [0.5, 0.6) is 0 Å². The minimum absolute atomic E-state index is 0.134. The fraction of sp³-hybridized carbons (Fsp3) is 0.812. The molecular weight excluding hydrogens is 268 g/mol. The summed E-state index contributed by atoms with van der Waals surface area (Å²) in [6, 6.07) is 0. The Labute approximate surface area is 127 Å². The van der Waals surface area contributed by atoms with Gasteiger partial charge in [0.1, 0.15) is 0 Å². The lowest BCUT2D eigenvalue weighted by Crippen LogP contribution is -2.39. The van der Waals surface area contributed by atoms with Gasteiger partial charge in [-0.2, -0.15) is 0 Å². The quantitative estimate of drug-likeness (QED) is 0.862. The Morgan fingerprint density at radius 2 is 1.85 bits per heavy atom. The van der Waals surface area contributed by atoms with Crippen LogP contribution in [-0.2, 0) is 13.0 Å². The van der Waals surface area contributed by atoms with Crippen molar-refractivity contribution in [2.45, 2.75) is 65.9 Å². The first kappa shape index (κ1) is 15.8. The Hall–Kier alpha value is -0.610. The Bertz CT molecular complexity index is 416. The average Bonchev–Trinajstić information content (AvgIpc) is 2.91. The molecule has 0 aromatic carbocycles. The van der Waals surface area contributed by atoms with Gasteiger partial charge in [0.25, 0.3) is 0 Å². The molecular formula is C16H28N2OS. The minimum atomic E-state index is 0.134. The van der Waals surface area contributed by atoms with E-state index in [4.69, 9.17) is 4.98 Å². The molecule has 3 nitrogen and oxygen atoms in total. The van der Waals surface area contributed by atoms with Gasteiger partial charge in [0.15, 0.2) is 5.13 Å². The van der Waals surface area contributed by atoms with Crippen LogP contribution >= 0.6 is 11.3 Å². The molecule has 0 radical (unpaired) electrons. The Balaban J connectivity index is 2.07. The first-order valence-electron chi connectivity index (χ1n) is 8.02. The molecule has 1 fully saturated rings. The summed E-state index contributed by atoms with van der Waals surface area (Å²) in [4.78, 5) is 8.26. The smallest absolute Gasteiger partial charge is 0.185 e. The second-order valence-corrected chi connectivity index (χ2v) is 7.03. The van der Waals surface area contributed by atoms with Gasteiger partial charge >= 0.3 is 0 Å². The SMILES string of the molecule is CCCc1nc(N2CCC(CC)(CC)CC2)sc1CO. The fourth-order valence-corrected chi connectivity index (χ4v) is 4.21. The van der Waals surface area contributed by atoms with Gasteiger partial charge in [-0.1, -0.05) is 51.4 Å². The molecule has 1 saturated heterocycles. The van der Waals surface area contributed by atoms with Crippen LogP contribution in [0.4, 0.5) is 5.13 Å². The summed E-state index contributed by atoms with van der Waals surface area (Å²) in [7, 11) is 0. The molecule has 0 amide bonds. The minimum Gasteiger partial charge on any atom is -0.391 e. The average molecular weight is 296 g/mol. The van der Waals surface area contributed by atoms with E-state index in [1.54, 1.807) is 11.3 Å². The van der Waals surface area contributed by atoms with E-state index in [9.17, 15) is 5.11 Å². The molecule has 2 heterocycles. The first-order chi connectivity index (χ1) is 9.68. The van der Waals surface area contributed by atoms with Crippen LogP contribution in [-0.4, -0.2) is 23.2 Å². The van der Waals surface area contributed by atoms with Crippen molar-refractivity contribution in [3.8, 4) is 0 Å². The van der Waals surface area contributed by atoms with Crippen molar-refractivity contribution in [2.24, 2.45) is 5.41 Å². The number of hydrogen-bond acceptors (Lipinski definition) is 4. The molecule has 114 valence electrons. The zero-order chi connectivity index (χ0) is 14.6. The van der Waals surface area contributed by atoms with E-state index in [0.29, 0.717) is 5.41 Å². The molecule has 1 aliphatic rings. The summed E-state index contributed by atoms with van der Waals surface area (Å²) in [6.45, 7) is 9.18. The van der Waals surface area contributed by atoms with E-state index in [2.05, 4.69) is 25.7 Å². The van der Waals surface area contributed by atoms with E-state index in [1.807, 2.05) is 0 Å². The van der Waals surface area contributed by atoms with Gasteiger partial charge < -0.3 is 10.0 Å². The second-order valence-electron chi connectivity index (χ2n) is 5.97. The molecule has 2 rings (SSSR count). The largest absolute Gasteiger partial charge is 0.391 e. The molecule has 0 saturated carbocycles. The molecule has 4 heteroatoms. The van der Waals surface area contributed by atoms with Gasteiger partial charge in [0.2, 0.25) is 0 Å². The summed E-state index contributed by atoms with van der Waals surface area (Å²) in [5, 5.41) is 10.6. The van der Waals surface area contributed by atoms with E-state index >= 15 is 0 Å². The predicted octanol–water partition coefficient (Wildman–Crippen LogP) is 3.99. The van der Waals surface area contributed by atoms with Gasteiger partial charge in [-0.3, -0.25) is 0 Å². The van der Waals surface area contributed by atoms with Crippen LogP contribution in [0.1, 0.15) is 63.4 Å². The molecule has 20 heavy (non-hydrogen) atoms. The molecule has 0 atom stereocenters. The lowest BCUT2D eigenvalue weighted by atomic mass is 9.74. The topological polar surface area (TPSA) is 36.4 Å². The predicted molar refractivity (Wildman–Crippen MR) is 86.5 cm³/mol. The number of piperidine rings is 1. The monoisotopic (exact) mass is 296 g/mol. The van der Waals surface area contributed by atoms with Crippen molar-refractivity contribution >= 4 is 16.5 Å². The summed E-state index contributed by atoms with van der Waals surface area (Å²) in [5.41, 5.74) is 1.66. The normalized spacial score (nSPS) is 18.5. The Morgan fingerprint density at radius 3 is 2.35 bits per heavy atom. The molecule has 0 bridgehead atoms. The van der Waals surface area contributed by atoms with Gasteiger partial charge in [-0.15, -0.1) is 0 Å². The number of rotatable bonds is 6. The number of aliphatic hydroxyl groups is 1. The van der Waals surface area contributed by atoms with Crippen LogP contribution in [0.2, 0.25) is 0 Å². The third-order valence-electron chi connectivity index (χ3n) is 4.99. The van der Waals surface area contributed by atoms with E-state index in [-0.39, 0.29) is 6.61 Å². The van der Waals surface area contributed by atoms with Gasteiger partial charge in [0.05, 0.1) is 17.2 Å². The van der Waals surface area contributed by atoms with Crippen molar-refractivity contribution in [1.29, 1.82) is 0 Å². The maximum atomic E-state index is 9.47. The molecule has 1 aromatic heterocycles. The number of hydrogen-bond donors (Lipinski definition) is 1. The van der Waals surface area contributed by atoms with Crippen LogP contribution in [0.3, 0.4) is 0 Å². The van der Waals surface area contributed by atoms with Crippen molar-refractivity contribution in [2.75, 3.05) is 18.0 Å². The maximum Gasteiger partial charge on any atom is 0.185 e. The molecule has 1 N–H and O–H groups in total. The Kier molecular flexibility index (Phi) is 5.44. The third-order valence-corrected chi connectivity index (χ3v) is 6.14. The number of aryl methyl sites for hydroxylation is 1. The number of aromatic nitrogens is 1. The lowest BCUT2D eigenvalue weighted by Gasteiger charge is -2.41. The summed E-state index contributed by atoms with van der Waals surface area (Å²) in [5.74, 6) is 0. The molecule has 1 aliphatic heterocycles. The molecule has 1 aromatic rings. The van der Waals surface area contributed by atoms with Crippen molar-refractivity contribution in [1.82, 2.24) is 4.98 Å². The summed E-state index contributed by atoms with van der Waals surface area (Å²) < 4.78 is 0. The number of aliphatic hydroxyl groups excluding tert-OH is 1. The zero-order valence-corrected chi connectivity index (χ0v) is 13.9. The molecule has 0 aliphatic carbocycles. The van der Waals surface area contributed by atoms with Crippen molar-refractivity contribution in [3.63, 3.8) is 0 Å². The van der Waals surface area contributed by atoms with Gasteiger partial charge in [0, 0.05) is 13.1 Å². The van der Waals surface area contributed by atoms with Gasteiger partial charge in [-0.05, 0) is 24.7 Å². The van der Waals surface area contributed by atoms with E-state index < -0.39 is 0 Å². The van der Waals surface area contributed by atoms with Gasteiger partial charge in [-0.25, -0.2) is 4.98 Å². The van der Waals surface area contributed by atoms with Crippen molar-refractivity contribution in [3.05, 3.63) is 10.6 Å². The maximum absolute atomic E-state index is 9.47. The third kappa shape index (κ3) is 3.17. The molecule has 0 spiro atoms. The fourth-order valence-electron chi connectivity index (χ4n) is 3.19. The highest BCUT2D eigenvalue weighted by atomic mass is 32.1. The highest BCUT2D eigenvalue weighted by Crippen LogP contribution is 2.40. The standard InChI is InChI=1S/C16H28N2OS/c1-4-7-13-14(12-19)20-15(17-13)18-10-8-16(5-2,6-3)9-11-18/h19H,4-12H2,1-3H3. The number of thiazole rings is 1. The second kappa shape index (κ2) is 6.90. The molecule has 0 unspecified atom stereocenters. The van der Waals surface area contributed by atoms with Crippen LogP contribution < -0.4 is 4.90 Å². The highest BCUT2D eigenvalue weighted by molar-refractivity contribution is 7.15. The lowest BCUT2D eigenvalue weighted by molar-refractivity contribution is 0.199. The van der Waals surface area contributed by atoms with Crippen LogP contribution in [0.25, 0.3) is 0 Å². The Morgan fingerprint density at radius 1 is 1.20 bits per heavy atom. The van der Waals surface area contributed by atoms with Crippen LogP contribution in [0.15, 0.2) is 0 Å². The summed E-state index contributed by atoms with van der Waals surface area (Å²) >= 11 is 1.69.